The highest BCUT2D eigenvalue weighted by Crippen LogP contribution is 2.37. The Morgan fingerprint density at radius 2 is 2.03 bits per heavy atom. The van der Waals surface area contributed by atoms with Crippen molar-refractivity contribution in [1.29, 1.82) is 0 Å². The summed E-state index contributed by atoms with van der Waals surface area (Å²) in [5.74, 6) is 2.03. The number of piperidine rings is 2. The van der Waals surface area contributed by atoms with Gasteiger partial charge in [-0.25, -0.2) is 9.78 Å². The van der Waals surface area contributed by atoms with Crippen molar-refractivity contribution >= 4 is 29.3 Å². The molecule has 1 amide bonds. The minimum absolute atomic E-state index is 0.0634. The Balaban J connectivity index is 1.44. The lowest BCUT2D eigenvalue weighted by Gasteiger charge is -2.49. The number of carboxylic acid groups (broad SMARTS) is 1. The lowest BCUT2D eigenvalue weighted by atomic mass is 9.81. The second-order valence-corrected chi connectivity index (χ2v) is 9.22. The normalized spacial score (nSPS) is 24.8. The first-order chi connectivity index (χ1) is 16.0. The third-order valence-corrected chi connectivity index (χ3v) is 7.00. The van der Waals surface area contributed by atoms with Crippen molar-refractivity contribution in [3.8, 4) is 0 Å². The van der Waals surface area contributed by atoms with Crippen LogP contribution in [0.15, 0.2) is 18.2 Å². The molecular formula is C23H31N7O3. The van der Waals surface area contributed by atoms with Crippen molar-refractivity contribution < 1.29 is 14.6 Å². The predicted molar refractivity (Wildman–Crippen MR) is 125 cm³/mol. The number of ether oxygens (including phenoxy) is 1. The summed E-state index contributed by atoms with van der Waals surface area (Å²) in [4.78, 5) is 25.4. The molecule has 2 aromatic heterocycles. The van der Waals surface area contributed by atoms with Crippen molar-refractivity contribution in [2.75, 3.05) is 30.5 Å². The Hall–Kier alpha value is -3.14. The van der Waals surface area contributed by atoms with Gasteiger partial charge in [-0.15, -0.1) is 0 Å². The number of carbonyl (C=O) groups is 1. The smallest absolute Gasteiger partial charge is 0.407 e. The van der Waals surface area contributed by atoms with Crippen molar-refractivity contribution in [1.82, 2.24) is 25.1 Å². The van der Waals surface area contributed by atoms with E-state index in [9.17, 15) is 9.90 Å². The van der Waals surface area contributed by atoms with Crippen LogP contribution in [0.1, 0.15) is 49.9 Å². The molecule has 3 aliphatic rings. The lowest BCUT2D eigenvalue weighted by Crippen LogP contribution is -2.58. The largest absolute Gasteiger partial charge is 0.465 e. The molecule has 5 heterocycles. The Kier molecular flexibility index (Phi) is 5.92. The fourth-order valence-electron chi connectivity index (χ4n) is 5.34. The van der Waals surface area contributed by atoms with Gasteiger partial charge in [0.2, 0.25) is 5.95 Å². The van der Waals surface area contributed by atoms with Gasteiger partial charge >= 0.3 is 6.09 Å². The molecule has 2 saturated heterocycles. The quantitative estimate of drug-likeness (QED) is 0.629. The second-order valence-electron chi connectivity index (χ2n) is 9.22. The number of aryl methyl sites for hydroxylation is 1. The van der Waals surface area contributed by atoms with Crippen LogP contribution < -0.4 is 10.2 Å². The molecule has 3 N–H and O–H groups in total. The van der Waals surface area contributed by atoms with E-state index in [0.29, 0.717) is 30.8 Å². The van der Waals surface area contributed by atoms with Gasteiger partial charge in [-0.2, -0.15) is 10.1 Å². The Morgan fingerprint density at radius 3 is 2.67 bits per heavy atom. The van der Waals surface area contributed by atoms with Crippen LogP contribution in [-0.4, -0.2) is 74.7 Å². The van der Waals surface area contributed by atoms with Crippen LogP contribution >= 0.6 is 0 Å². The monoisotopic (exact) mass is 453 g/mol. The van der Waals surface area contributed by atoms with Gasteiger partial charge in [0, 0.05) is 43.0 Å². The molecule has 2 fully saturated rings. The van der Waals surface area contributed by atoms with Crippen molar-refractivity contribution in [2.24, 2.45) is 0 Å². The van der Waals surface area contributed by atoms with Gasteiger partial charge in [0.05, 0.1) is 18.9 Å². The molecule has 10 nitrogen and oxygen atoms in total. The van der Waals surface area contributed by atoms with Gasteiger partial charge in [-0.1, -0.05) is 6.08 Å². The van der Waals surface area contributed by atoms with E-state index in [4.69, 9.17) is 14.7 Å². The zero-order valence-corrected chi connectivity index (χ0v) is 19.1. The minimum Gasteiger partial charge on any atom is -0.465 e. The molecule has 0 aliphatic carbocycles. The number of fused-ring (bicyclic) bond motifs is 2. The Bertz CT molecular complexity index is 1040. The molecule has 2 aromatic rings. The van der Waals surface area contributed by atoms with Crippen LogP contribution in [0.2, 0.25) is 0 Å². The number of aromatic nitrogens is 4. The molecule has 2 bridgehead atoms. The fraction of sp³-hybridized carbons (Fsp3) is 0.565. The van der Waals surface area contributed by atoms with Crippen LogP contribution in [0.25, 0.3) is 5.57 Å². The number of anilines is 3. The van der Waals surface area contributed by atoms with Crippen LogP contribution in [0.4, 0.5) is 22.4 Å². The molecule has 3 atom stereocenters. The van der Waals surface area contributed by atoms with Gasteiger partial charge in [0.15, 0.2) is 5.82 Å². The molecule has 176 valence electrons. The molecule has 33 heavy (non-hydrogen) atoms. The van der Waals surface area contributed by atoms with Crippen molar-refractivity contribution in [3.05, 3.63) is 29.6 Å². The molecule has 0 radical (unpaired) electrons. The van der Waals surface area contributed by atoms with Crippen LogP contribution in [0.3, 0.4) is 0 Å². The molecule has 0 unspecified atom stereocenters. The predicted octanol–water partition coefficient (Wildman–Crippen LogP) is 3.56. The Morgan fingerprint density at radius 1 is 1.24 bits per heavy atom. The maximum atomic E-state index is 11.8. The van der Waals surface area contributed by atoms with E-state index >= 15 is 0 Å². The molecular weight excluding hydrogens is 422 g/mol. The average molecular weight is 454 g/mol. The van der Waals surface area contributed by atoms with E-state index < -0.39 is 6.09 Å². The number of nitrogens with one attached hydrogen (secondary N) is 2. The van der Waals surface area contributed by atoms with E-state index in [1.165, 1.54) is 0 Å². The first kappa shape index (κ1) is 21.7. The summed E-state index contributed by atoms with van der Waals surface area (Å²) in [6, 6.07) is 4.21. The summed E-state index contributed by atoms with van der Waals surface area (Å²) in [6.07, 6.45) is 6.62. The molecule has 5 rings (SSSR count). The number of hydrogen-bond acceptors (Lipinski definition) is 7. The maximum Gasteiger partial charge on any atom is 0.407 e. The zero-order valence-electron chi connectivity index (χ0n) is 19.1. The van der Waals surface area contributed by atoms with E-state index in [0.717, 1.165) is 55.5 Å². The first-order valence-corrected chi connectivity index (χ1v) is 11.7. The van der Waals surface area contributed by atoms with E-state index in [-0.39, 0.29) is 18.1 Å². The summed E-state index contributed by atoms with van der Waals surface area (Å²) >= 11 is 0. The second kappa shape index (κ2) is 9.01. The van der Waals surface area contributed by atoms with Crippen LogP contribution in [-0.2, 0) is 4.74 Å². The summed E-state index contributed by atoms with van der Waals surface area (Å²) in [5.41, 5.74) is 3.00. The zero-order chi connectivity index (χ0) is 22.9. The van der Waals surface area contributed by atoms with Crippen LogP contribution in [0, 0.1) is 6.92 Å². The highest BCUT2D eigenvalue weighted by molar-refractivity contribution is 5.68. The molecule has 10 heteroatoms. The van der Waals surface area contributed by atoms with Gasteiger partial charge < -0.3 is 25.0 Å². The standard InChI is InChI=1S/C23H31N7O3/c1-14-10-21(28-27-14)25-20-13-19(15-6-8-33-9-7-15)24-22(26-20)29(2)18-11-16-4-3-5-17(12-18)30(16)23(31)32/h6,10,13,16-18H,3-5,7-9,11-12H2,1-2H3,(H,31,32)(H2,24,25,26,27,28)/t16-,17+,18-. The summed E-state index contributed by atoms with van der Waals surface area (Å²) in [5, 5.41) is 20.2. The van der Waals surface area contributed by atoms with Gasteiger partial charge in [0.25, 0.3) is 0 Å². The number of nitrogens with zero attached hydrogens (tertiary/aromatic N) is 5. The average Bonchev–Trinajstić information content (AvgIpc) is 3.22. The number of H-pyrrole nitrogens is 1. The topological polar surface area (TPSA) is 120 Å². The molecule has 0 saturated carbocycles. The summed E-state index contributed by atoms with van der Waals surface area (Å²) in [6.45, 7) is 3.22. The highest BCUT2D eigenvalue weighted by atomic mass is 16.5. The van der Waals surface area contributed by atoms with Crippen molar-refractivity contribution in [2.45, 2.75) is 63.6 Å². The van der Waals surface area contributed by atoms with Gasteiger partial charge in [-0.05, 0) is 51.0 Å². The highest BCUT2D eigenvalue weighted by Gasteiger charge is 2.42. The molecule has 3 aliphatic heterocycles. The molecule has 0 spiro atoms. The lowest BCUT2D eigenvalue weighted by molar-refractivity contribution is 0.0351. The maximum absolute atomic E-state index is 11.8. The van der Waals surface area contributed by atoms with E-state index in [1.54, 1.807) is 4.90 Å². The molecule has 0 aromatic carbocycles. The SMILES string of the molecule is Cc1cc(Nc2cc(C3=CCOCC3)nc(N(C)[C@@H]3C[C@H]4CCC[C@@H](C3)N4C(=O)O)n2)n[nH]1. The summed E-state index contributed by atoms with van der Waals surface area (Å²) < 4.78 is 5.48. The third kappa shape index (κ3) is 4.52. The number of aromatic amines is 1. The van der Waals surface area contributed by atoms with Crippen LogP contribution in [0.5, 0.6) is 0 Å². The summed E-state index contributed by atoms with van der Waals surface area (Å²) in [7, 11) is 2.02. The van der Waals surface area contributed by atoms with E-state index in [1.807, 2.05) is 26.1 Å². The number of rotatable bonds is 5. The van der Waals surface area contributed by atoms with Gasteiger partial charge in [0.1, 0.15) is 5.82 Å². The van der Waals surface area contributed by atoms with E-state index in [2.05, 4.69) is 26.5 Å². The fourth-order valence-corrected chi connectivity index (χ4v) is 5.34. The number of hydrogen-bond donors (Lipinski definition) is 3. The van der Waals surface area contributed by atoms with Crippen molar-refractivity contribution in [3.63, 3.8) is 0 Å². The first-order valence-electron chi connectivity index (χ1n) is 11.7. The number of amides is 1. The third-order valence-electron chi connectivity index (χ3n) is 7.00. The van der Waals surface area contributed by atoms with Gasteiger partial charge in [-0.3, -0.25) is 5.10 Å². The Labute approximate surface area is 193 Å². The minimum atomic E-state index is -0.795.